The van der Waals surface area contributed by atoms with Crippen molar-refractivity contribution in [1.82, 2.24) is 5.32 Å². The third-order valence-corrected chi connectivity index (χ3v) is 3.98. The van der Waals surface area contributed by atoms with E-state index in [-0.39, 0.29) is 5.91 Å². The fraction of sp³-hybridized carbons (Fsp3) is 0.917. The fourth-order valence-electron chi connectivity index (χ4n) is 2.20. The van der Waals surface area contributed by atoms with Crippen LogP contribution in [0.4, 0.5) is 0 Å². The molecule has 2 N–H and O–H groups in total. The van der Waals surface area contributed by atoms with E-state index in [1.54, 1.807) is 18.7 Å². The van der Waals surface area contributed by atoms with Gasteiger partial charge in [0.05, 0.1) is 5.60 Å². The molecule has 0 aromatic carbocycles. The maximum absolute atomic E-state index is 11.6. The minimum atomic E-state index is -0.787. The number of carbonyl (C=O) groups excluding carboxylic acids is 1. The molecule has 4 heteroatoms. The fourth-order valence-corrected chi connectivity index (χ4v) is 2.92. The van der Waals surface area contributed by atoms with Crippen molar-refractivity contribution in [3.63, 3.8) is 0 Å². The molecule has 3 nitrogen and oxygen atoms in total. The molecule has 0 heterocycles. The van der Waals surface area contributed by atoms with Crippen LogP contribution >= 0.6 is 11.8 Å². The van der Waals surface area contributed by atoms with E-state index in [0.717, 1.165) is 0 Å². The molecule has 0 aromatic rings. The molecule has 94 valence electrons. The third-order valence-electron chi connectivity index (χ3n) is 3.07. The zero-order chi connectivity index (χ0) is 12.0. The van der Waals surface area contributed by atoms with Crippen LogP contribution in [0.2, 0.25) is 0 Å². The first-order valence-electron chi connectivity index (χ1n) is 6.01. The van der Waals surface area contributed by atoms with Gasteiger partial charge in [-0.25, -0.2) is 0 Å². The van der Waals surface area contributed by atoms with Gasteiger partial charge in [-0.1, -0.05) is 12.8 Å². The summed E-state index contributed by atoms with van der Waals surface area (Å²) in [4.78, 5) is 11.6. The van der Waals surface area contributed by atoms with Crippen molar-refractivity contribution in [1.29, 1.82) is 0 Å². The van der Waals surface area contributed by atoms with E-state index in [1.165, 1.54) is 25.7 Å². The van der Waals surface area contributed by atoms with E-state index in [4.69, 9.17) is 0 Å². The Balaban J connectivity index is 2.18. The number of thioether (sulfide) groups is 1. The molecule has 16 heavy (non-hydrogen) atoms. The monoisotopic (exact) mass is 245 g/mol. The van der Waals surface area contributed by atoms with Gasteiger partial charge in [-0.3, -0.25) is 4.79 Å². The van der Waals surface area contributed by atoms with Crippen LogP contribution in [-0.4, -0.2) is 35.2 Å². The first kappa shape index (κ1) is 13.8. The molecule has 1 amide bonds. The Hall–Kier alpha value is -0.220. The van der Waals surface area contributed by atoms with Gasteiger partial charge in [-0.15, -0.1) is 0 Å². The molecule has 1 rings (SSSR count). The highest BCUT2D eigenvalue weighted by Gasteiger charge is 2.22. The molecule has 0 radical (unpaired) electrons. The average molecular weight is 245 g/mol. The lowest BCUT2D eigenvalue weighted by molar-refractivity contribution is -0.122. The number of nitrogens with one attached hydrogen (secondary N) is 1. The predicted octanol–water partition coefficient (Wildman–Crippen LogP) is 1.80. The molecule has 1 aliphatic carbocycles. The third kappa shape index (κ3) is 5.21. The molecule has 1 atom stereocenters. The second-order valence-corrected chi connectivity index (χ2v) is 5.93. The summed E-state index contributed by atoms with van der Waals surface area (Å²) in [5.41, 5.74) is -0.787. The van der Waals surface area contributed by atoms with Crippen LogP contribution in [0.1, 0.15) is 39.0 Å². The molecular formula is C12H23NO2S. The van der Waals surface area contributed by atoms with Gasteiger partial charge in [-0.2, -0.15) is 11.8 Å². The van der Waals surface area contributed by atoms with Gasteiger partial charge >= 0.3 is 0 Å². The second-order valence-electron chi connectivity index (χ2n) is 5.06. The highest BCUT2D eigenvalue weighted by Crippen LogP contribution is 2.27. The lowest BCUT2D eigenvalue weighted by Gasteiger charge is -2.22. The van der Waals surface area contributed by atoms with E-state index < -0.39 is 5.60 Å². The summed E-state index contributed by atoms with van der Waals surface area (Å²) in [6.07, 6.45) is 7.50. The van der Waals surface area contributed by atoms with E-state index in [0.29, 0.717) is 24.6 Å². The normalized spacial score (nSPS) is 20.7. The molecule has 0 aromatic heterocycles. The molecule has 1 saturated carbocycles. The Bertz CT molecular complexity index is 225. The number of aliphatic hydroxyl groups is 1. The summed E-state index contributed by atoms with van der Waals surface area (Å²) in [7, 11) is 0. The number of rotatable bonds is 6. The summed E-state index contributed by atoms with van der Waals surface area (Å²) in [6.45, 7) is 2.12. The highest BCUT2D eigenvalue weighted by atomic mass is 32.2. The van der Waals surface area contributed by atoms with Gasteiger partial charge in [-0.05, 0) is 31.9 Å². The quantitative estimate of drug-likeness (QED) is 0.750. The molecule has 0 unspecified atom stereocenters. The largest absolute Gasteiger partial charge is 0.387 e. The minimum absolute atomic E-state index is 0.0910. The number of amides is 1. The van der Waals surface area contributed by atoms with Gasteiger partial charge in [0.1, 0.15) is 0 Å². The summed E-state index contributed by atoms with van der Waals surface area (Å²) >= 11 is 1.59. The Labute approximate surface area is 102 Å². The molecule has 0 aliphatic heterocycles. The first-order chi connectivity index (χ1) is 7.53. The smallest absolute Gasteiger partial charge is 0.220 e. The summed E-state index contributed by atoms with van der Waals surface area (Å²) in [6, 6.07) is 0. The van der Waals surface area contributed by atoms with Crippen molar-refractivity contribution in [2.75, 3.05) is 18.6 Å². The summed E-state index contributed by atoms with van der Waals surface area (Å²) in [5, 5.41) is 12.7. The maximum atomic E-state index is 11.6. The van der Waals surface area contributed by atoms with E-state index in [1.807, 2.05) is 6.26 Å². The number of carbonyl (C=O) groups is 1. The Morgan fingerprint density at radius 1 is 1.50 bits per heavy atom. The van der Waals surface area contributed by atoms with E-state index in [2.05, 4.69) is 5.32 Å². The van der Waals surface area contributed by atoms with Crippen LogP contribution in [-0.2, 0) is 4.79 Å². The van der Waals surface area contributed by atoms with Gasteiger partial charge < -0.3 is 10.4 Å². The van der Waals surface area contributed by atoms with Crippen LogP contribution < -0.4 is 5.32 Å². The average Bonchev–Trinajstić information content (AvgIpc) is 2.68. The van der Waals surface area contributed by atoms with Crippen molar-refractivity contribution in [3.8, 4) is 0 Å². The molecular weight excluding hydrogens is 222 g/mol. The van der Waals surface area contributed by atoms with Gasteiger partial charge in [0, 0.05) is 18.7 Å². The first-order valence-corrected chi connectivity index (χ1v) is 7.41. The Kier molecular flexibility index (Phi) is 5.62. The standard InChI is InChI=1S/C12H23NO2S/c1-12(15,9-16-2)8-13-11(14)7-10-5-3-4-6-10/h10,15H,3-9H2,1-2H3,(H,13,14)/t12-/m1/s1. The minimum Gasteiger partial charge on any atom is -0.387 e. The molecule has 1 aliphatic rings. The van der Waals surface area contributed by atoms with Crippen molar-refractivity contribution < 1.29 is 9.90 Å². The van der Waals surface area contributed by atoms with Crippen molar-refractivity contribution in [2.24, 2.45) is 5.92 Å². The highest BCUT2D eigenvalue weighted by molar-refractivity contribution is 7.98. The molecule has 0 saturated heterocycles. The van der Waals surface area contributed by atoms with Crippen LogP contribution in [0.3, 0.4) is 0 Å². The maximum Gasteiger partial charge on any atom is 0.220 e. The van der Waals surface area contributed by atoms with Crippen LogP contribution in [0.5, 0.6) is 0 Å². The predicted molar refractivity (Wildman–Crippen MR) is 68.6 cm³/mol. The summed E-state index contributed by atoms with van der Waals surface area (Å²) < 4.78 is 0. The van der Waals surface area contributed by atoms with Gasteiger partial charge in [0.25, 0.3) is 0 Å². The Morgan fingerprint density at radius 2 is 2.12 bits per heavy atom. The van der Waals surface area contributed by atoms with E-state index in [9.17, 15) is 9.90 Å². The summed E-state index contributed by atoms with van der Waals surface area (Å²) in [5.74, 6) is 1.32. The van der Waals surface area contributed by atoms with Crippen molar-refractivity contribution in [3.05, 3.63) is 0 Å². The van der Waals surface area contributed by atoms with Crippen LogP contribution in [0.25, 0.3) is 0 Å². The zero-order valence-corrected chi connectivity index (χ0v) is 11.1. The van der Waals surface area contributed by atoms with Crippen LogP contribution in [0, 0.1) is 5.92 Å². The molecule has 0 spiro atoms. The lowest BCUT2D eigenvalue weighted by atomic mass is 10.0. The van der Waals surface area contributed by atoms with Gasteiger partial charge in [0.15, 0.2) is 0 Å². The number of hydrogen-bond acceptors (Lipinski definition) is 3. The SMILES string of the molecule is CSC[C@](C)(O)CNC(=O)CC1CCCC1. The van der Waals surface area contributed by atoms with Crippen molar-refractivity contribution in [2.45, 2.75) is 44.6 Å². The topological polar surface area (TPSA) is 49.3 Å². The van der Waals surface area contributed by atoms with E-state index >= 15 is 0 Å². The zero-order valence-electron chi connectivity index (χ0n) is 10.3. The lowest BCUT2D eigenvalue weighted by Crippen LogP contribution is -2.42. The second kappa shape index (κ2) is 6.50. The van der Waals surface area contributed by atoms with Crippen LogP contribution in [0.15, 0.2) is 0 Å². The molecule has 1 fully saturated rings. The Morgan fingerprint density at radius 3 is 2.69 bits per heavy atom. The van der Waals surface area contributed by atoms with Gasteiger partial charge in [0.2, 0.25) is 5.91 Å². The molecule has 0 bridgehead atoms. The van der Waals surface area contributed by atoms with Crippen molar-refractivity contribution >= 4 is 17.7 Å². The number of hydrogen-bond donors (Lipinski definition) is 2.